The second-order valence-electron chi connectivity index (χ2n) is 9.74. The van der Waals surface area contributed by atoms with Crippen LogP contribution in [0.3, 0.4) is 0 Å². The van der Waals surface area contributed by atoms with Gasteiger partial charge in [0.1, 0.15) is 12.1 Å². The SMILES string of the molecule is CC(C)c1c(-c2cc(CO)c3ncnn3c2)[nH]c2ccc(N3CCC(NC4COC4)CC3)nc12. The minimum atomic E-state index is -0.0890. The van der Waals surface area contributed by atoms with Crippen molar-refractivity contribution in [3.63, 3.8) is 0 Å². The molecule has 0 spiro atoms. The smallest absolute Gasteiger partial charge is 0.160 e. The van der Waals surface area contributed by atoms with Crippen LogP contribution in [-0.2, 0) is 11.3 Å². The van der Waals surface area contributed by atoms with Crippen molar-refractivity contribution < 1.29 is 9.84 Å². The molecule has 0 aliphatic carbocycles. The summed E-state index contributed by atoms with van der Waals surface area (Å²) in [5, 5.41) is 17.9. The first-order valence-corrected chi connectivity index (χ1v) is 12.2. The summed E-state index contributed by atoms with van der Waals surface area (Å²) >= 11 is 0. The highest BCUT2D eigenvalue weighted by Gasteiger charge is 2.26. The van der Waals surface area contributed by atoms with E-state index in [9.17, 15) is 5.11 Å². The number of nitrogens with one attached hydrogen (secondary N) is 2. The van der Waals surface area contributed by atoms with Crippen molar-refractivity contribution in [2.24, 2.45) is 0 Å². The van der Waals surface area contributed by atoms with Crippen molar-refractivity contribution in [2.75, 3.05) is 31.2 Å². The highest BCUT2D eigenvalue weighted by atomic mass is 16.5. The maximum Gasteiger partial charge on any atom is 0.160 e. The van der Waals surface area contributed by atoms with Crippen LogP contribution in [0.25, 0.3) is 27.9 Å². The number of anilines is 1. The van der Waals surface area contributed by atoms with Gasteiger partial charge in [0.25, 0.3) is 0 Å². The van der Waals surface area contributed by atoms with Gasteiger partial charge in [-0.15, -0.1) is 0 Å². The van der Waals surface area contributed by atoms with Crippen LogP contribution in [0.5, 0.6) is 0 Å². The molecule has 178 valence electrons. The minimum absolute atomic E-state index is 0.0890. The van der Waals surface area contributed by atoms with Crippen molar-refractivity contribution in [1.29, 1.82) is 0 Å². The first-order chi connectivity index (χ1) is 16.6. The van der Waals surface area contributed by atoms with Crippen LogP contribution in [-0.4, -0.2) is 68.1 Å². The molecule has 4 aromatic heterocycles. The highest BCUT2D eigenvalue weighted by molar-refractivity contribution is 5.89. The number of H-pyrrole nitrogens is 1. The quantitative estimate of drug-likeness (QED) is 0.406. The molecule has 2 fully saturated rings. The molecule has 9 nitrogen and oxygen atoms in total. The molecule has 0 aromatic carbocycles. The number of aliphatic hydroxyl groups is 1. The lowest BCUT2D eigenvalue weighted by Crippen LogP contribution is -2.53. The minimum Gasteiger partial charge on any atom is -0.392 e. The van der Waals surface area contributed by atoms with Gasteiger partial charge in [-0.3, -0.25) is 0 Å². The first-order valence-electron chi connectivity index (χ1n) is 12.2. The molecule has 0 bridgehead atoms. The Hall–Kier alpha value is -3.01. The summed E-state index contributed by atoms with van der Waals surface area (Å²) in [7, 11) is 0. The van der Waals surface area contributed by atoms with Gasteiger partial charge < -0.3 is 25.0 Å². The molecular formula is C25H31N7O2. The second kappa shape index (κ2) is 8.65. The number of aliphatic hydroxyl groups excluding tert-OH is 1. The summed E-state index contributed by atoms with van der Waals surface area (Å²) in [4.78, 5) is 15.4. The Morgan fingerprint density at radius 1 is 1.21 bits per heavy atom. The predicted molar refractivity (Wildman–Crippen MR) is 131 cm³/mol. The van der Waals surface area contributed by atoms with E-state index in [4.69, 9.17) is 9.72 Å². The van der Waals surface area contributed by atoms with E-state index in [-0.39, 0.29) is 12.5 Å². The normalized spacial score (nSPS) is 17.8. The Kier molecular flexibility index (Phi) is 5.47. The maximum atomic E-state index is 9.89. The Balaban J connectivity index is 1.33. The Morgan fingerprint density at radius 2 is 2.03 bits per heavy atom. The van der Waals surface area contributed by atoms with Gasteiger partial charge in [-0.1, -0.05) is 13.8 Å². The summed E-state index contributed by atoms with van der Waals surface area (Å²) in [6.07, 6.45) is 5.71. The van der Waals surface area contributed by atoms with Gasteiger partial charge in [0, 0.05) is 42.0 Å². The van der Waals surface area contributed by atoms with Crippen molar-refractivity contribution in [2.45, 2.75) is 51.3 Å². The van der Waals surface area contributed by atoms with Crippen LogP contribution < -0.4 is 10.2 Å². The lowest BCUT2D eigenvalue weighted by Gasteiger charge is -2.37. The molecule has 3 N–H and O–H groups in total. The molecule has 34 heavy (non-hydrogen) atoms. The molecule has 2 aliphatic heterocycles. The number of pyridine rings is 2. The number of ether oxygens (including phenoxy) is 1. The van der Waals surface area contributed by atoms with Crippen LogP contribution in [0.1, 0.15) is 43.7 Å². The third-order valence-electron chi connectivity index (χ3n) is 7.08. The number of nitrogens with zero attached hydrogens (tertiary/aromatic N) is 5. The zero-order valence-electron chi connectivity index (χ0n) is 19.7. The van der Waals surface area contributed by atoms with E-state index in [1.165, 1.54) is 11.9 Å². The summed E-state index contributed by atoms with van der Waals surface area (Å²) in [6.45, 7) is 7.99. The van der Waals surface area contributed by atoms with Crippen LogP contribution in [0.15, 0.2) is 30.7 Å². The Bertz CT molecular complexity index is 1320. The van der Waals surface area contributed by atoms with Crippen molar-refractivity contribution >= 4 is 22.5 Å². The zero-order valence-corrected chi connectivity index (χ0v) is 19.7. The average Bonchev–Trinajstić information content (AvgIpc) is 3.45. The van der Waals surface area contributed by atoms with Crippen LogP contribution in [0, 0.1) is 0 Å². The molecule has 0 atom stereocenters. The molecule has 0 amide bonds. The van der Waals surface area contributed by atoms with E-state index < -0.39 is 0 Å². The highest BCUT2D eigenvalue weighted by Crippen LogP contribution is 2.36. The lowest BCUT2D eigenvalue weighted by atomic mass is 9.98. The predicted octanol–water partition coefficient (Wildman–Crippen LogP) is 2.85. The number of fused-ring (bicyclic) bond motifs is 2. The molecular weight excluding hydrogens is 430 g/mol. The standard InChI is InChI=1S/C25H31N7O2/c1-15(2)22-23(16-9-17(11-33)25-26-14-27-32(25)10-16)29-20-3-4-21(30-24(20)22)31-7-5-18(6-8-31)28-19-12-34-13-19/h3-4,9-10,14-15,18-19,28-29,33H,5-8,11-13H2,1-2H3. The van der Waals surface area contributed by atoms with Crippen LogP contribution >= 0.6 is 0 Å². The third-order valence-corrected chi connectivity index (χ3v) is 7.08. The summed E-state index contributed by atoms with van der Waals surface area (Å²) in [5.74, 6) is 1.31. The van der Waals surface area contributed by atoms with Crippen LogP contribution in [0.2, 0.25) is 0 Å². The molecule has 0 unspecified atom stereocenters. The van der Waals surface area contributed by atoms with Crippen molar-refractivity contribution in [3.8, 4) is 11.3 Å². The van der Waals surface area contributed by atoms with Gasteiger partial charge in [0.05, 0.1) is 42.6 Å². The fourth-order valence-corrected chi connectivity index (χ4v) is 5.23. The number of piperidine rings is 1. The van der Waals surface area contributed by atoms with Crippen LogP contribution in [0.4, 0.5) is 5.82 Å². The maximum absolute atomic E-state index is 9.89. The van der Waals surface area contributed by atoms with Gasteiger partial charge in [-0.2, -0.15) is 5.10 Å². The molecule has 9 heteroatoms. The lowest BCUT2D eigenvalue weighted by molar-refractivity contribution is -0.0111. The molecule has 0 radical (unpaired) electrons. The van der Waals surface area contributed by atoms with Crippen molar-refractivity contribution in [3.05, 3.63) is 41.9 Å². The summed E-state index contributed by atoms with van der Waals surface area (Å²) in [6, 6.07) is 7.35. The van der Waals surface area contributed by atoms with E-state index in [2.05, 4.69) is 51.3 Å². The van der Waals surface area contributed by atoms with E-state index >= 15 is 0 Å². The molecule has 2 saturated heterocycles. The van der Waals surface area contributed by atoms with Crippen molar-refractivity contribution in [1.82, 2.24) is 29.9 Å². The average molecular weight is 462 g/mol. The molecule has 6 heterocycles. The topological polar surface area (TPSA) is 104 Å². The first kappa shape index (κ1) is 21.5. The van der Waals surface area contributed by atoms with Gasteiger partial charge in [-0.25, -0.2) is 14.5 Å². The molecule has 4 aromatic rings. The van der Waals surface area contributed by atoms with Gasteiger partial charge in [0.15, 0.2) is 5.65 Å². The Morgan fingerprint density at radius 3 is 2.74 bits per heavy atom. The van der Waals surface area contributed by atoms with E-state index in [0.29, 0.717) is 17.7 Å². The van der Waals surface area contributed by atoms with E-state index in [1.54, 1.807) is 4.52 Å². The zero-order chi connectivity index (χ0) is 23.2. The number of aromatic amines is 1. The van der Waals surface area contributed by atoms with Gasteiger partial charge in [-0.05, 0) is 37.0 Å². The number of aromatic nitrogens is 5. The fraction of sp³-hybridized carbons (Fsp3) is 0.480. The summed E-state index contributed by atoms with van der Waals surface area (Å²) < 4.78 is 7.02. The number of rotatable bonds is 6. The van der Waals surface area contributed by atoms with E-state index in [1.807, 2.05) is 12.3 Å². The third kappa shape index (κ3) is 3.73. The Labute approximate surface area is 198 Å². The fourth-order valence-electron chi connectivity index (χ4n) is 5.23. The van der Waals surface area contributed by atoms with Gasteiger partial charge in [0.2, 0.25) is 0 Å². The summed E-state index contributed by atoms with van der Waals surface area (Å²) in [5.41, 5.74) is 6.64. The van der Waals surface area contributed by atoms with E-state index in [0.717, 1.165) is 72.8 Å². The second-order valence-corrected chi connectivity index (χ2v) is 9.74. The monoisotopic (exact) mass is 461 g/mol. The largest absolute Gasteiger partial charge is 0.392 e. The number of hydrogen-bond donors (Lipinski definition) is 3. The molecule has 2 aliphatic rings. The van der Waals surface area contributed by atoms with Gasteiger partial charge >= 0.3 is 0 Å². The molecule has 0 saturated carbocycles. The molecule has 6 rings (SSSR count). The number of hydrogen-bond acceptors (Lipinski definition) is 7.